The molecule has 4 heteroatoms. The maximum atomic E-state index is 12.3. The van der Waals surface area contributed by atoms with E-state index in [1.54, 1.807) is 0 Å². The second-order valence-electron chi connectivity index (χ2n) is 7.67. The van der Waals surface area contributed by atoms with Gasteiger partial charge in [0.2, 0.25) is 5.91 Å². The molecule has 1 saturated carbocycles. The zero-order valence-electron chi connectivity index (χ0n) is 16.3. The Morgan fingerprint density at radius 1 is 1.04 bits per heavy atom. The van der Waals surface area contributed by atoms with Crippen molar-refractivity contribution in [3.63, 3.8) is 0 Å². The van der Waals surface area contributed by atoms with Crippen LogP contribution in [0, 0.1) is 0 Å². The monoisotopic (exact) mass is 365 g/mol. The summed E-state index contributed by atoms with van der Waals surface area (Å²) < 4.78 is 0. The second kappa shape index (κ2) is 9.56. The highest BCUT2D eigenvalue weighted by atomic mass is 16.1. The molecule has 0 bridgehead atoms. The van der Waals surface area contributed by atoms with E-state index in [4.69, 9.17) is 5.73 Å². The number of amides is 1. The van der Waals surface area contributed by atoms with Gasteiger partial charge < -0.3 is 11.1 Å². The lowest BCUT2D eigenvalue weighted by Gasteiger charge is -2.31. The molecule has 0 aliphatic heterocycles. The molecule has 0 unspecified atom stereocenters. The highest BCUT2D eigenvalue weighted by molar-refractivity contribution is 5.78. The molecule has 3 N–H and O–H groups in total. The Kier molecular flexibility index (Phi) is 6.88. The molecule has 1 amide bonds. The molecule has 1 fully saturated rings. The average Bonchev–Trinajstić information content (AvgIpc) is 2.70. The molecule has 4 nitrogen and oxygen atoms in total. The number of nitrogens with one attached hydrogen (secondary N) is 1. The van der Waals surface area contributed by atoms with Gasteiger partial charge in [-0.3, -0.25) is 9.69 Å². The third-order valence-electron chi connectivity index (χ3n) is 5.56. The van der Waals surface area contributed by atoms with E-state index in [1.165, 1.54) is 43.2 Å². The van der Waals surface area contributed by atoms with Crippen LogP contribution in [0.4, 0.5) is 5.69 Å². The lowest BCUT2D eigenvalue weighted by atomic mass is 9.94. The summed E-state index contributed by atoms with van der Waals surface area (Å²) in [5, 5.41) is 3.07. The van der Waals surface area contributed by atoms with E-state index in [0.717, 1.165) is 17.8 Å². The summed E-state index contributed by atoms with van der Waals surface area (Å²) in [5.74, 6) is 0.0372. The van der Waals surface area contributed by atoms with Crippen LogP contribution >= 0.6 is 0 Å². The molecule has 3 rings (SSSR count). The maximum absolute atomic E-state index is 12.3. The van der Waals surface area contributed by atoms with Gasteiger partial charge in [0, 0.05) is 24.8 Å². The first-order valence-corrected chi connectivity index (χ1v) is 10.00. The Balaban J connectivity index is 1.55. The Bertz CT molecular complexity index is 736. The Hall–Kier alpha value is -2.33. The maximum Gasteiger partial charge on any atom is 0.224 e. The number of benzene rings is 2. The van der Waals surface area contributed by atoms with Crippen molar-refractivity contribution in [2.24, 2.45) is 0 Å². The molecule has 0 heterocycles. The highest BCUT2D eigenvalue weighted by Crippen LogP contribution is 2.23. The molecule has 0 radical (unpaired) electrons. The van der Waals surface area contributed by atoms with Gasteiger partial charge in [-0.05, 0) is 48.7 Å². The molecule has 2 aromatic carbocycles. The molecular formula is C23H31N3O. The zero-order valence-corrected chi connectivity index (χ0v) is 16.3. The van der Waals surface area contributed by atoms with Gasteiger partial charge >= 0.3 is 0 Å². The van der Waals surface area contributed by atoms with Gasteiger partial charge in [-0.1, -0.05) is 55.7 Å². The SMILES string of the molecule is CN(Cc1ccccc1CNC(=O)Cc1ccc(N)cc1)C1CCCCC1. The molecule has 0 saturated heterocycles. The van der Waals surface area contributed by atoms with Crippen LogP contribution in [0.25, 0.3) is 0 Å². The molecule has 144 valence electrons. The molecule has 0 aromatic heterocycles. The van der Waals surface area contributed by atoms with Crippen molar-refractivity contribution >= 4 is 11.6 Å². The smallest absolute Gasteiger partial charge is 0.224 e. The summed E-state index contributed by atoms with van der Waals surface area (Å²) in [7, 11) is 2.23. The number of rotatable bonds is 7. The van der Waals surface area contributed by atoms with E-state index in [9.17, 15) is 4.79 Å². The first kappa shape index (κ1) is 19.4. The minimum absolute atomic E-state index is 0.0372. The minimum atomic E-state index is 0.0372. The van der Waals surface area contributed by atoms with Gasteiger partial charge in [0.1, 0.15) is 0 Å². The molecule has 1 aliphatic carbocycles. The number of nitrogens with zero attached hydrogens (tertiary/aromatic N) is 1. The van der Waals surface area contributed by atoms with Crippen LogP contribution < -0.4 is 11.1 Å². The number of hydrogen-bond donors (Lipinski definition) is 2. The molecule has 1 aliphatic rings. The Labute approximate surface area is 162 Å². The summed E-state index contributed by atoms with van der Waals surface area (Å²) >= 11 is 0. The molecular weight excluding hydrogens is 334 g/mol. The molecule has 2 aromatic rings. The van der Waals surface area contributed by atoms with Crippen LogP contribution in [0.5, 0.6) is 0 Å². The third kappa shape index (κ3) is 5.83. The average molecular weight is 366 g/mol. The number of carbonyl (C=O) groups is 1. The minimum Gasteiger partial charge on any atom is -0.399 e. The number of carbonyl (C=O) groups excluding carboxylic acids is 1. The van der Waals surface area contributed by atoms with Crippen LogP contribution in [0.15, 0.2) is 48.5 Å². The number of nitrogen functional groups attached to an aromatic ring is 1. The van der Waals surface area contributed by atoms with Crippen LogP contribution in [0.1, 0.15) is 48.8 Å². The standard InChI is InChI=1S/C23H31N3O/c1-26(22-9-3-2-4-10-22)17-20-8-6-5-7-19(20)16-25-23(27)15-18-11-13-21(24)14-12-18/h5-8,11-14,22H,2-4,9-10,15-17,24H2,1H3,(H,25,27). The van der Waals surface area contributed by atoms with Crippen molar-refractivity contribution in [3.05, 3.63) is 65.2 Å². The summed E-state index contributed by atoms with van der Waals surface area (Å²) in [6, 6.07) is 16.6. The fourth-order valence-electron chi connectivity index (χ4n) is 3.88. The highest BCUT2D eigenvalue weighted by Gasteiger charge is 2.18. The van der Waals surface area contributed by atoms with Crippen LogP contribution in [-0.2, 0) is 24.3 Å². The van der Waals surface area contributed by atoms with E-state index >= 15 is 0 Å². The summed E-state index contributed by atoms with van der Waals surface area (Å²) in [4.78, 5) is 14.8. The topological polar surface area (TPSA) is 58.4 Å². The van der Waals surface area contributed by atoms with Crippen molar-refractivity contribution in [3.8, 4) is 0 Å². The second-order valence-corrected chi connectivity index (χ2v) is 7.67. The van der Waals surface area contributed by atoms with E-state index in [0.29, 0.717) is 19.0 Å². The van der Waals surface area contributed by atoms with Crippen LogP contribution in [0.3, 0.4) is 0 Å². The Morgan fingerprint density at radius 2 is 1.70 bits per heavy atom. The van der Waals surface area contributed by atoms with Gasteiger partial charge in [-0.15, -0.1) is 0 Å². The predicted molar refractivity (Wildman–Crippen MR) is 111 cm³/mol. The lowest BCUT2D eigenvalue weighted by molar-refractivity contribution is -0.120. The largest absolute Gasteiger partial charge is 0.399 e. The molecule has 27 heavy (non-hydrogen) atoms. The van der Waals surface area contributed by atoms with Gasteiger partial charge in [-0.25, -0.2) is 0 Å². The van der Waals surface area contributed by atoms with E-state index in [1.807, 2.05) is 30.3 Å². The third-order valence-corrected chi connectivity index (χ3v) is 5.56. The summed E-state index contributed by atoms with van der Waals surface area (Å²) in [5.41, 5.74) is 9.90. The number of anilines is 1. The van der Waals surface area contributed by atoms with Crippen LogP contribution in [-0.4, -0.2) is 23.9 Å². The fraction of sp³-hybridized carbons (Fsp3) is 0.435. The fourth-order valence-corrected chi connectivity index (χ4v) is 3.88. The van der Waals surface area contributed by atoms with Crippen molar-refractivity contribution in [1.29, 1.82) is 0 Å². The van der Waals surface area contributed by atoms with Crippen molar-refractivity contribution in [2.75, 3.05) is 12.8 Å². The van der Waals surface area contributed by atoms with E-state index < -0.39 is 0 Å². The quantitative estimate of drug-likeness (QED) is 0.732. The van der Waals surface area contributed by atoms with Gasteiger partial charge in [0.15, 0.2) is 0 Å². The molecule has 0 spiro atoms. The zero-order chi connectivity index (χ0) is 19.1. The van der Waals surface area contributed by atoms with Gasteiger partial charge in [-0.2, -0.15) is 0 Å². The summed E-state index contributed by atoms with van der Waals surface area (Å²) in [6.45, 7) is 1.51. The van der Waals surface area contributed by atoms with Gasteiger partial charge in [0.05, 0.1) is 6.42 Å². The van der Waals surface area contributed by atoms with Crippen molar-refractivity contribution in [2.45, 2.75) is 57.7 Å². The summed E-state index contributed by atoms with van der Waals surface area (Å²) in [6.07, 6.45) is 7.05. The van der Waals surface area contributed by atoms with E-state index in [-0.39, 0.29) is 5.91 Å². The number of hydrogen-bond acceptors (Lipinski definition) is 3. The lowest BCUT2D eigenvalue weighted by Crippen LogP contribution is -2.33. The van der Waals surface area contributed by atoms with Crippen LogP contribution in [0.2, 0.25) is 0 Å². The molecule has 0 atom stereocenters. The number of nitrogens with two attached hydrogens (primary N) is 1. The van der Waals surface area contributed by atoms with Crippen molar-refractivity contribution < 1.29 is 4.79 Å². The Morgan fingerprint density at radius 3 is 2.41 bits per heavy atom. The van der Waals surface area contributed by atoms with Crippen molar-refractivity contribution in [1.82, 2.24) is 10.2 Å². The van der Waals surface area contributed by atoms with E-state index in [2.05, 4.69) is 35.5 Å². The predicted octanol–water partition coefficient (Wildman–Crippen LogP) is 3.89. The first-order valence-electron chi connectivity index (χ1n) is 10.00. The van der Waals surface area contributed by atoms with Gasteiger partial charge in [0.25, 0.3) is 0 Å². The first-order chi connectivity index (χ1) is 13.1. The normalized spacial score (nSPS) is 15.0.